The quantitative estimate of drug-likeness (QED) is 0.718. The molecule has 0 spiro atoms. The number of aromatic nitrogens is 1. The molecule has 96 valence electrons. The van der Waals surface area contributed by atoms with Gasteiger partial charge in [0.2, 0.25) is 10.0 Å². The fourth-order valence-electron chi connectivity index (χ4n) is 1.31. The summed E-state index contributed by atoms with van der Waals surface area (Å²) in [6, 6.07) is 1.66. The molecule has 0 aliphatic heterocycles. The van der Waals surface area contributed by atoms with Gasteiger partial charge in [0.15, 0.2) is 0 Å². The second-order valence-corrected chi connectivity index (χ2v) is 5.70. The third-order valence-electron chi connectivity index (χ3n) is 2.26. The van der Waals surface area contributed by atoms with E-state index in [0.717, 1.165) is 18.5 Å². The normalized spacial score (nSPS) is 11.4. The monoisotopic (exact) mass is 257 g/mol. The molecule has 5 nitrogen and oxygen atoms in total. The van der Waals surface area contributed by atoms with E-state index in [1.807, 2.05) is 13.8 Å². The zero-order valence-electron chi connectivity index (χ0n) is 10.2. The Morgan fingerprint density at radius 3 is 2.76 bits per heavy atom. The molecule has 0 saturated carbocycles. The standard InChI is InChI=1S/C11H19N3O2S/c1-3-5-12-7-8-17(15,16)14-11-4-6-13-9-10(11)2/h4,6,9,12H,3,5,7-8H2,1-2H3,(H,13,14). The largest absolute Gasteiger partial charge is 0.316 e. The van der Waals surface area contributed by atoms with Crippen molar-refractivity contribution in [2.75, 3.05) is 23.6 Å². The SMILES string of the molecule is CCCNCCS(=O)(=O)Nc1ccncc1C. The molecule has 0 bridgehead atoms. The Labute approximate surface area is 103 Å². The summed E-state index contributed by atoms with van der Waals surface area (Å²) in [7, 11) is -3.28. The molecule has 1 rings (SSSR count). The number of pyridine rings is 1. The second kappa shape index (κ2) is 6.56. The van der Waals surface area contributed by atoms with Crippen molar-refractivity contribution in [3.8, 4) is 0 Å². The lowest BCUT2D eigenvalue weighted by Crippen LogP contribution is -2.27. The molecule has 0 fully saturated rings. The van der Waals surface area contributed by atoms with E-state index in [0.29, 0.717) is 12.2 Å². The van der Waals surface area contributed by atoms with E-state index in [-0.39, 0.29) is 5.75 Å². The van der Waals surface area contributed by atoms with E-state index in [2.05, 4.69) is 15.0 Å². The predicted molar refractivity (Wildman–Crippen MR) is 69.5 cm³/mol. The summed E-state index contributed by atoms with van der Waals surface area (Å²) in [5.74, 6) is 0.0781. The van der Waals surface area contributed by atoms with Crippen LogP contribution in [0, 0.1) is 6.92 Å². The van der Waals surface area contributed by atoms with Gasteiger partial charge < -0.3 is 5.32 Å². The van der Waals surface area contributed by atoms with Gasteiger partial charge in [0.1, 0.15) is 0 Å². The minimum atomic E-state index is -3.28. The van der Waals surface area contributed by atoms with Gasteiger partial charge in [-0.2, -0.15) is 0 Å². The average molecular weight is 257 g/mol. The van der Waals surface area contributed by atoms with Crippen LogP contribution >= 0.6 is 0 Å². The lowest BCUT2D eigenvalue weighted by Gasteiger charge is -2.10. The topological polar surface area (TPSA) is 71.1 Å². The zero-order valence-corrected chi connectivity index (χ0v) is 11.0. The van der Waals surface area contributed by atoms with Gasteiger partial charge in [-0.1, -0.05) is 6.92 Å². The number of hydrogen-bond acceptors (Lipinski definition) is 4. The van der Waals surface area contributed by atoms with E-state index in [9.17, 15) is 8.42 Å². The van der Waals surface area contributed by atoms with Crippen molar-refractivity contribution < 1.29 is 8.42 Å². The molecule has 0 radical (unpaired) electrons. The molecule has 0 atom stereocenters. The van der Waals surface area contributed by atoms with Gasteiger partial charge in [0, 0.05) is 18.9 Å². The molecule has 0 aliphatic rings. The Balaban J connectivity index is 2.52. The molecule has 17 heavy (non-hydrogen) atoms. The van der Waals surface area contributed by atoms with E-state index >= 15 is 0 Å². The van der Waals surface area contributed by atoms with Gasteiger partial charge in [-0.05, 0) is 31.5 Å². The minimum Gasteiger partial charge on any atom is -0.316 e. The number of nitrogens with zero attached hydrogens (tertiary/aromatic N) is 1. The number of rotatable bonds is 7. The third-order valence-corrected chi connectivity index (χ3v) is 3.53. The summed E-state index contributed by atoms with van der Waals surface area (Å²) in [4.78, 5) is 3.91. The first-order valence-electron chi connectivity index (χ1n) is 5.67. The summed E-state index contributed by atoms with van der Waals surface area (Å²) in [6.45, 7) is 5.16. The Kier molecular flexibility index (Phi) is 5.37. The molecule has 1 heterocycles. The van der Waals surface area contributed by atoms with Crippen LogP contribution in [0.25, 0.3) is 0 Å². The van der Waals surface area contributed by atoms with Gasteiger partial charge in [0.05, 0.1) is 11.4 Å². The first-order valence-corrected chi connectivity index (χ1v) is 7.32. The molecule has 0 aromatic carbocycles. The lowest BCUT2D eigenvalue weighted by atomic mass is 10.3. The van der Waals surface area contributed by atoms with Crippen molar-refractivity contribution in [2.24, 2.45) is 0 Å². The Morgan fingerprint density at radius 1 is 1.35 bits per heavy atom. The van der Waals surface area contributed by atoms with Crippen molar-refractivity contribution in [2.45, 2.75) is 20.3 Å². The highest BCUT2D eigenvalue weighted by Crippen LogP contribution is 2.13. The van der Waals surface area contributed by atoms with Crippen molar-refractivity contribution in [1.29, 1.82) is 0 Å². The fraction of sp³-hybridized carbons (Fsp3) is 0.545. The molecule has 2 N–H and O–H groups in total. The molecule has 0 aliphatic carbocycles. The van der Waals surface area contributed by atoms with Gasteiger partial charge >= 0.3 is 0 Å². The number of nitrogens with one attached hydrogen (secondary N) is 2. The van der Waals surface area contributed by atoms with Gasteiger partial charge in [-0.3, -0.25) is 9.71 Å². The summed E-state index contributed by atoms with van der Waals surface area (Å²) < 4.78 is 26.0. The Morgan fingerprint density at radius 2 is 2.12 bits per heavy atom. The maximum atomic E-state index is 11.7. The molecule has 0 saturated heterocycles. The van der Waals surface area contributed by atoms with Gasteiger partial charge in [-0.15, -0.1) is 0 Å². The molecular weight excluding hydrogens is 238 g/mol. The van der Waals surface area contributed by atoms with Gasteiger partial charge in [-0.25, -0.2) is 8.42 Å². The highest BCUT2D eigenvalue weighted by atomic mass is 32.2. The molecular formula is C11H19N3O2S. The van der Waals surface area contributed by atoms with Crippen LogP contribution in [0.4, 0.5) is 5.69 Å². The van der Waals surface area contributed by atoms with E-state index in [1.54, 1.807) is 18.5 Å². The summed E-state index contributed by atoms with van der Waals surface area (Å²) in [5, 5.41) is 3.06. The summed E-state index contributed by atoms with van der Waals surface area (Å²) in [5.41, 5.74) is 1.41. The summed E-state index contributed by atoms with van der Waals surface area (Å²) >= 11 is 0. The highest BCUT2D eigenvalue weighted by molar-refractivity contribution is 7.92. The van der Waals surface area contributed by atoms with E-state index < -0.39 is 10.0 Å². The molecule has 0 amide bonds. The van der Waals surface area contributed by atoms with Crippen LogP contribution in [0.1, 0.15) is 18.9 Å². The van der Waals surface area contributed by atoms with Crippen LogP contribution in [0.5, 0.6) is 0 Å². The second-order valence-electron chi connectivity index (χ2n) is 3.86. The summed E-state index contributed by atoms with van der Waals surface area (Å²) in [6.07, 6.45) is 4.20. The average Bonchev–Trinajstić information content (AvgIpc) is 2.28. The molecule has 0 unspecified atom stereocenters. The Bertz CT molecular complexity index is 446. The van der Waals surface area contributed by atoms with Crippen LogP contribution in [0.15, 0.2) is 18.5 Å². The zero-order chi connectivity index (χ0) is 12.7. The number of aryl methyl sites for hydroxylation is 1. The molecule has 6 heteroatoms. The number of sulfonamides is 1. The minimum absolute atomic E-state index is 0.0781. The van der Waals surface area contributed by atoms with E-state index in [1.165, 1.54) is 0 Å². The fourth-order valence-corrected chi connectivity index (χ4v) is 2.39. The Hall–Kier alpha value is -1.14. The van der Waals surface area contributed by atoms with Crippen molar-refractivity contribution in [3.05, 3.63) is 24.0 Å². The van der Waals surface area contributed by atoms with Crippen LogP contribution in [-0.4, -0.2) is 32.2 Å². The molecule has 1 aromatic heterocycles. The first-order chi connectivity index (χ1) is 8.05. The van der Waals surface area contributed by atoms with Crippen LogP contribution in [0.2, 0.25) is 0 Å². The molecule has 1 aromatic rings. The van der Waals surface area contributed by atoms with Crippen LogP contribution in [0.3, 0.4) is 0 Å². The third kappa shape index (κ3) is 5.14. The maximum absolute atomic E-state index is 11.7. The van der Waals surface area contributed by atoms with Crippen molar-refractivity contribution in [1.82, 2.24) is 10.3 Å². The van der Waals surface area contributed by atoms with Crippen LogP contribution in [-0.2, 0) is 10.0 Å². The number of hydrogen-bond donors (Lipinski definition) is 2. The lowest BCUT2D eigenvalue weighted by molar-refractivity contribution is 0.595. The van der Waals surface area contributed by atoms with Gasteiger partial charge in [0.25, 0.3) is 0 Å². The number of anilines is 1. The van der Waals surface area contributed by atoms with Crippen LogP contribution < -0.4 is 10.0 Å². The van der Waals surface area contributed by atoms with E-state index in [4.69, 9.17) is 0 Å². The maximum Gasteiger partial charge on any atom is 0.233 e. The smallest absolute Gasteiger partial charge is 0.233 e. The van der Waals surface area contributed by atoms with Crippen molar-refractivity contribution in [3.63, 3.8) is 0 Å². The highest BCUT2D eigenvalue weighted by Gasteiger charge is 2.10. The van der Waals surface area contributed by atoms with Crippen molar-refractivity contribution >= 4 is 15.7 Å². The first kappa shape index (κ1) is 13.9. The predicted octanol–water partition coefficient (Wildman–Crippen LogP) is 1.13.